The lowest BCUT2D eigenvalue weighted by Crippen LogP contribution is -2.03. The van der Waals surface area contributed by atoms with E-state index in [0.717, 1.165) is 42.4 Å². The minimum absolute atomic E-state index is 0.247. The van der Waals surface area contributed by atoms with Gasteiger partial charge in [-0.2, -0.15) is 4.36 Å². The van der Waals surface area contributed by atoms with Crippen LogP contribution in [0.1, 0.15) is 12.8 Å². The predicted molar refractivity (Wildman–Crippen MR) is 70.9 cm³/mol. The molecule has 98 valence electrons. The average Bonchev–Trinajstić information content (AvgIpc) is 3.09. The normalized spacial score (nSPS) is 24.8. The van der Waals surface area contributed by atoms with E-state index in [-0.39, 0.29) is 6.10 Å². The smallest absolute Gasteiger partial charge is 0.121 e. The van der Waals surface area contributed by atoms with Gasteiger partial charge in [-0.3, -0.25) is 0 Å². The minimum Gasteiger partial charge on any atom is -0.491 e. The molecular formula is C13H17NO3S. The van der Waals surface area contributed by atoms with E-state index in [1.54, 1.807) is 0 Å². The summed E-state index contributed by atoms with van der Waals surface area (Å²) in [7, 11) is -2.00. The van der Waals surface area contributed by atoms with Crippen molar-refractivity contribution in [1.29, 1.82) is 0 Å². The molecule has 2 heterocycles. The summed E-state index contributed by atoms with van der Waals surface area (Å²) in [6.45, 7) is 1.37. The maximum absolute atomic E-state index is 12.3. The van der Waals surface area contributed by atoms with Gasteiger partial charge >= 0.3 is 0 Å². The number of hydrogen-bond acceptors (Lipinski definition) is 4. The molecule has 0 spiro atoms. The van der Waals surface area contributed by atoms with Crippen molar-refractivity contribution >= 4 is 15.4 Å². The summed E-state index contributed by atoms with van der Waals surface area (Å²) in [6, 6.07) is 7.52. The first-order valence-electron chi connectivity index (χ1n) is 6.31. The molecule has 2 aliphatic heterocycles. The van der Waals surface area contributed by atoms with Gasteiger partial charge in [0.05, 0.1) is 22.0 Å². The number of rotatable bonds is 4. The first-order valence-corrected chi connectivity index (χ1v) is 8.16. The van der Waals surface area contributed by atoms with Crippen LogP contribution in [-0.4, -0.2) is 35.0 Å². The van der Waals surface area contributed by atoms with E-state index < -0.39 is 9.73 Å². The van der Waals surface area contributed by atoms with Crippen molar-refractivity contribution in [3.63, 3.8) is 0 Å². The fourth-order valence-corrected chi connectivity index (χ4v) is 4.22. The molecule has 4 nitrogen and oxygen atoms in total. The predicted octanol–water partition coefficient (Wildman–Crippen LogP) is 2.36. The highest BCUT2D eigenvalue weighted by molar-refractivity contribution is 7.93. The van der Waals surface area contributed by atoms with Gasteiger partial charge < -0.3 is 9.47 Å². The van der Waals surface area contributed by atoms with Crippen molar-refractivity contribution in [3.8, 4) is 5.75 Å². The molecule has 1 aromatic carbocycles. The van der Waals surface area contributed by atoms with Gasteiger partial charge in [-0.05, 0) is 25.0 Å². The Labute approximate surface area is 107 Å². The van der Waals surface area contributed by atoms with Crippen molar-refractivity contribution in [2.45, 2.75) is 18.9 Å². The van der Waals surface area contributed by atoms with Crippen molar-refractivity contribution in [3.05, 3.63) is 24.3 Å². The first kappa shape index (κ1) is 12.0. The summed E-state index contributed by atoms with van der Waals surface area (Å²) in [4.78, 5) is 0. The summed E-state index contributed by atoms with van der Waals surface area (Å²) in [5.74, 6) is 2.23. The second kappa shape index (κ2) is 4.90. The molecule has 0 N–H and O–H groups in total. The highest BCUT2D eigenvalue weighted by atomic mass is 32.2. The molecule has 1 unspecified atom stereocenters. The fourth-order valence-electron chi connectivity index (χ4n) is 2.02. The largest absolute Gasteiger partial charge is 0.491 e. The standard InChI is InChI=1S/C13H17NO3S/c15-18(6-1-2-7-18)14-11-4-3-5-12(8-11)16-9-13-10-17-13/h3-5,8,13H,1-2,6-7,9-10H2. The van der Waals surface area contributed by atoms with Crippen LogP contribution in [0.25, 0.3) is 0 Å². The zero-order chi connectivity index (χ0) is 12.4. The number of epoxide rings is 1. The van der Waals surface area contributed by atoms with Crippen LogP contribution in [0.15, 0.2) is 28.6 Å². The van der Waals surface area contributed by atoms with Crippen LogP contribution in [0.3, 0.4) is 0 Å². The number of nitrogens with zero attached hydrogens (tertiary/aromatic N) is 1. The van der Waals surface area contributed by atoms with E-state index in [4.69, 9.17) is 9.47 Å². The summed E-state index contributed by atoms with van der Waals surface area (Å²) in [6.07, 6.45) is 2.30. The molecule has 1 atom stereocenters. The Morgan fingerprint density at radius 2 is 2.17 bits per heavy atom. The quantitative estimate of drug-likeness (QED) is 0.787. The van der Waals surface area contributed by atoms with E-state index in [0.29, 0.717) is 6.61 Å². The highest BCUT2D eigenvalue weighted by Gasteiger charge is 2.23. The third kappa shape index (κ3) is 3.03. The van der Waals surface area contributed by atoms with Gasteiger partial charge in [0.25, 0.3) is 0 Å². The lowest BCUT2D eigenvalue weighted by molar-refractivity contribution is 0.263. The Kier molecular flexibility index (Phi) is 3.26. The SMILES string of the molecule is O=S1(=Nc2cccc(OCC3CO3)c2)CCCC1. The topological polar surface area (TPSA) is 51.2 Å². The molecule has 5 heteroatoms. The molecule has 0 bridgehead atoms. The van der Waals surface area contributed by atoms with Crippen LogP contribution in [0, 0.1) is 0 Å². The molecule has 0 amide bonds. The summed E-state index contributed by atoms with van der Waals surface area (Å²) < 4.78 is 27.4. The molecule has 2 saturated heterocycles. The molecule has 2 fully saturated rings. The van der Waals surface area contributed by atoms with Crippen molar-refractivity contribution in [1.82, 2.24) is 0 Å². The van der Waals surface area contributed by atoms with E-state index in [1.165, 1.54) is 0 Å². The molecule has 0 aliphatic carbocycles. The lowest BCUT2D eigenvalue weighted by Gasteiger charge is -2.05. The molecule has 0 aromatic heterocycles. The van der Waals surface area contributed by atoms with Crippen LogP contribution < -0.4 is 4.74 Å². The maximum Gasteiger partial charge on any atom is 0.121 e. The molecular weight excluding hydrogens is 250 g/mol. The lowest BCUT2D eigenvalue weighted by atomic mass is 10.3. The average molecular weight is 267 g/mol. The molecule has 18 heavy (non-hydrogen) atoms. The van der Waals surface area contributed by atoms with Gasteiger partial charge in [0.15, 0.2) is 0 Å². The van der Waals surface area contributed by atoms with Crippen LogP contribution in [0.5, 0.6) is 5.75 Å². The summed E-state index contributed by atoms with van der Waals surface area (Å²) in [5, 5.41) is 0. The Morgan fingerprint density at radius 1 is 1.39 bits per heavy atom. The van der Waals surface area contributed by atoms with E-state index in [9.17, 15) is 4.21 Å². The molecule has 3 rings (SSSR count). The number of ether oxygens (including phenoxy) is 2. The Morgan fingerprint density at radius 3 is 2.89 bits per heavy atom. The molecule has 1 aromatic rings. The monoisotopic (exact) mass is 267 g/mol. The fraction of sp³-hybridized carbons (Fsp3) is 0.538. The second-order valence-corrected chi connectivity index (χ2v) is 7.29. The van der Waals surface area contributed by atoms with Crippen LogP contribution in [0.2, 0.25) is 0 Å². The zero-order valence-corrected chi connectivity index (χ0v) is 11.0. The minimum atomic E-state index is -2.00. The van der Waals surface area contributed by atoms with Crippen molar-refractivity contribution in [2.24, 2.45) is 4.36 Å². The van der Waals surface area contributed by atoms with Crippen LogP contribution in [-0.2, 0) is 14.5 Å². The van der Waals surface area contributed by atoms with Crippen molar-refractivity contribution in [2.75, 3.05) is 24.7 Å². The van der Waals surface area contributed by atoms with Gasteiger partial charge in [-0.15, -0.1) is 0 Å². The van der Waals surface area contributed by atoms with Gasteiger partial charge in [0, 0.05) is 17.6 Å². The highest BCUT2D eigenvalue weighted by Crippen LogP contribution is 2.25. The Balaban J connectivity index is 1.75. The number of hydrogen-bond donors (Lipinski definition) is 0. The van der Waals surface area contributed by atoms with Crippen molar-refractivity contribution < 1.29 is 13.7 Å². The Hall–Kier alpha value is -1.07. The van der Waals surface area contributed by atoms with Crippen LogP contribution in [0.4, 0.5) is 5.69 Å². The Bertz CT molecular complexity index is 533. The van der Waals surface area contributed by atoms with E-state index >= 15 is 0 Å². The second-order valence-electron chi connectivity index (χ2n) is 4.74. The van der Waals surface area contributed by atoms with Gasteiger partial charge in [-0.1, -0.05) is 6.07 Å². The van der Waals surface area contributed by atoms with E-state index in [2.05, 4.69) is 4.36 Å². The summed E-state index contributed by atoms with van der Waals surface area (Å²) in [5.41, 5.74) is 0.760. The maximum atomic E-state index is 12.3. The molecule has 2 aliphatic rings. The summed E-state index contributed by atoms with van der Waals surface area (Å²) >= 11 is 0. The van der Waals surface area contributed by atoms with Gasteiger partial charge in [0.2, 0.25) is 0 Å². The van der Waals surface area contributed by atoms with E-state index in [1.807, 2.05) is 24.3 Å². The number of benzene rings is 1. The van der Waals surface area contributed by atoms with Gasteiger partial charge in [0.1, 0.15) is 18.5 Å². The molecule has 0 radical (unpaired) electrons. The third-order valence-electron chi connectivity index (χ3n) is 3.10. The van der Waals surface area contributed by atoms with Gasteiger partial charge in [-0.25, -0.2) is 4.21 Å². The first-order chi connectivity index (χ1) is 8.73. The van der Waals surface area contributed by atoms with Crippen LogP contribution >= 0.6 is 0 Å². The molecule has 0 saturated carbocycles. The zero-order valence-electron chi connectivity index (χ0n) is 10.2. The third-order valence-corrected chi connectivity index (χ3v) is 5.50.